The average molecular weight is 321 g/mol. The number of rotatable bonds is 6. The minimum atomic E-state index is -0.233. The van der Waals surface area contributed by atoms with Gasteiger partial charge in [-0.05, 0) is 37.8 Å². The second-order valence-corrected chi connectivity index (χ2v) is 6.39. The van der Waals surface area contributed by atoms with Gasteiger partial charge in [-0.15, -0.1) is 11.8 Å². The lowest BCUT2D eigenvalue weighted by Gasteiger charge is -2.30. The molecule has 0 bridgehead atoms. The maximum Gasteiger partial charge on any atom is 0.225 e. The maximum absolute atomic E-state index is 12.1. The molecule has 1 fully saturated rings. The number of nitrogens with one attached hydrogen (secondary N) is 1. The van der Waals surface area contributed by atoms with Gasteiger partial charge in [0.1, 0.15) is 0 Å². The van der Waals surface area contributed by atoms with Crippen LogP contribution in [0.25, 0.3) is 0 Å². The van der Waals surface area contributed by atoms with Crippen molar-refractivity contribution in [3.8, 4) is 0 Å². The van der Waals surface area contributed by atoms with Gasteiger partial charge in [-0.2, -0.15) is 0 Å². The number of hydrogen-bond donors (Lipinski definition) is 2. The second-order valence-electron chi connectivity index (χ2n) is 5.54. The molecular weight excluding hydrogens is 298 g/mol. The Hall–Kier alpha value is -1.53. The van der Waals surface area contributed by atoms with Gasteiger partial charge in [0.05, 0.1) is 11.6 Å². The number of anilines is 1. The van der Waals surface area contributed by atoms with Gasteiger partial charge in [0, 0.05) is 24.4 Å². The lowest BCUT2D eigenvalue weighted by atomic mass is 9.97. The molecule has 1 heterocycles. The number of benzene rings is 1. The highest BCUT2D eigenvalue weighted by molar-refractivity contribution is 7.98. The van der Waals surface area contributed by atoms with Gasteiger partial charge in [-0.1, -0.05) is 12.1 Å². The first-order chi connectivity index (χ1) is 10.6. The van der Waals surface area contributed by atoms with Crippen LogP contribution in [0.15, 0.2) is 29.2 Å². The third kappa shape index (κ3) is 4.74. The summed E-state index contributed by atoms with van der Waals surface area (Å²) in [6.45, 7) is 2.26. The second kappa shape index (κ2) is 8.19. The lowest BCUT2D eigenvalue weighted by molar-refractivity contribution is -0.123. The molecule has 1 aliphatic rings. The minimum Gasteiger partial charge on any atom is -0.369 e. The molecule has 6 heteroatoms. The average Bonchev–Trinajstić information content (AvgIpc) is 2.53. The largest absolute Gasteiger partial charge is 0.369 e. The standard InChI is InChI=1S/C16H23N3O2S/c1-22-14-7-3-2-6-13(14)18-15(20)8-10-19-9-4-5-12(11-19)16(17)21/h2-3,6-7,12H,4-5,8-11H2,1H3,(H2,17,21)(H,18,20). The first-order valence-corrected chi connectivity index (χ1v) is 8.77. The number of carbonyl (C=O) groups excluding carboxylic acids is 2. The van der Waals surface area contributed by atoms with Gasteiger partial charge in [-0.3, -0.25) is 9.59 Å². The Bertz CT molecular complexity index is 536. The molecule has 2 amide bonds. The Morgan fingerprint density at radius 3 is 2.91 bits per heavy atom. The van der Waals surface area contributed by atoms with Crippen LogP contribution in [0.4, 0.5) is 5.69 Å². The van der Waals surface area contributed by atoms with Crippen molar-refractivity contribution in [3.63, 3.8) is 0 Å². The Labute approximate surface area is 135 Å². The van der Waals surface area contributed by atoms with E-state index in [1.165, 1.54) is 0 Å². The van der Waals surface area contributed by atoms with E-state index in [0.29, 0.717) is 19.5 Å². The zero-order valence-corrected chi connectivity index (χ0v) is 13.7. The highest BCUT2D eigenvalue weighted by Crippen LogP contribution is 2.24. The van der Waals surface area contributed by atoms with Crippen molar-refractivity contribution >= 4 is 29.3 Å². The molecule has 120 valence electrons. The van der Waals surface area contributed by atoms with Crippen LogP contribution in [-0.2, 0) is 9.59 Å². The number of piperidine rings is 1. The van der Waals surface area contributed by atoms with Crippen molar-refractivity contribution in [2.24, 2.45) is 11.7 Å². The molecule has 3 N–H and O–H groups in total. The highest BCUT2D eigenvalue weighted by Gasteiger charge is 2.24. The fourth-order valence-electron chi connectivity index (χ4n) is 2.71. The molecular formula is C16H23N3O2S. The van der Waals surface area contributed by atoms with Crippen molar-refractivity contribution in [1.29, 1.82) is 0 Å². The third-order valence-electron chi connectivity index (χ3n) is 3.94. The molecule has 0 saturated carbocycles. The van der Waals surface area contributed by atoms with Crippen LogP contribution in [0.5, 0.6) is 0 Å². The van der Waals surface area contributed by atoms with Crippen LogP contribution in [0.1, 0.15) is 19.3 Å². The number of hydrogen-bond acceptors (Lipinski definition) is 4. The molecule has 1 atom stereocenters. The molecule has 1 unspecified atom stereocenters. The Kier molecular flexibility index (Phi) is 6.27. The minimum absolute atomic E-state index is 0.00250. The van der Waals surface area contributed by atoms with E-state index in [2.05, 4.69) is 10.2 Å². The monoisotopic (exact) mass is 321 g/mol. The zero-order chi connectivity index (χ0) is 15.9. The number of carbonyl (C=O) groups is 2. The fourth-order valence-corrected chi connectivity index (χ4v) is 3.26. The lowest BCUT2D eigenvalue weighted by Crippen LogP contribution is -2.42. The molecule has 0 radical (unpaired) electrons. The van der Waals surface area contributed by atoms with Gasteiger partial charge in [0.15, 0.2) is 0 Å². The van der Waals surface area contributed by atoms with Gasteiger partial charge in [0.25, 0.3) is 0 Å². The first kappa shape index (κ1) is 16.8. The molecule has 0 aromatic heterocycles. The number of primary amides is 1. The summed E-state index contributed by atoms with van der Waals surface area (Å²) in [4.78, 5) is 26.6. The number of para-hydroxylation sites is 1. The molecule has 1 aromatic rings. The molecule has 5 nitrogen and oxygen atoms in total. The van der Waals surface area contributed by atoms with Crippen molar-refractivity contribution < 1.29 is 9.59 Å². The number of nitrogens with two attached hydrogens (primary N) is 1. The molecule has 0 aliphatic carbocycles. The van der Waals surface area contributed by atoms with Gasteiger partial charge in [0.2, 0.25) is 11.8 Å². The highest BCUT2D eigenvalue weighted by atomic mass is 32.2. The Morgan fingerprint density at radius 2 is 2.18 bits per heavy atom. The molecule has 2 rings (SSSR count). The van der Waals surface area contributed by atoms with Gasteiger partial charge < -0.3 is 16.0 Å². The molecule has 1 saturated heterocycles. The first-order valence-electron chi connectivity index (χ1n) is 7.54. The predicted molar refractivity (Wildman–Crippen MR) is 89.8 cm³/mol. The SMILES string of the molecule is CSc1ccccc1NC(=O)CCN1CCCC(C(N)=O)C1. The van der Waals surface area contributed by atoms with E-state index >= 15 is 0 Å². The summed E-state index contributed by atoms with van der Waals surface area (Å²) in [6.07, 6.45) is 4.24. The summed E-state index contributed by atoms with van der Waals surface area (Å²) >= 11 is 1.61. The summed E-state index contributed by atoms with van der Waals surface area (Å²) in [6, 6.07) is 7.77. The number of thioether (sulfide) groups is 1. The van der Waals surface area contributed by atoms with E-state index in [4.69, 9.17) is 5.73 Å². The smallest absolute Gasteiger partial charge is 0.225 e. The van der Waals surface area contributed by atoms with Crippen LogP contribution in [0.3, 0.4) is 0 Å². The normalized spacial score (nSPS) is 18.9. The van der Waals surface area contributed by atoms with E-state index in [9.17, 15) is 9.59 Å². The summed E-state index contributed by atoms with van der Waals surface area (Å²) in [5.74, 6) is -0.306. The summed E-state index contributed by atoms with van der Waals surface area (Å²) in [7, 11) is 0. The van der Waals surface area contributed by atoms with Crippen LogP contribution in [-0.4, -0.2) is 42.6 Å². The topological polar surface area (TPSA) is 75.4 Å². The van der Waals surface area contributed by atoms with E-state index in [0.717, 1.165) is 30.0 Å². The molecule has 1 aromatic carbocycles. The van der Waals surface area contributed by atoms with E-state index in [1.54, 1.807) is 11.8 Å². The van der Waals surface area contributed by atoms with Crippen molar-refractivity contribution in [2.75, 3.05) is 31.2 Å². The number of nitrogens with zero attached hydrogens (tertiary/aromatic N) is 1. The van der Waals surface area contributed by atoms with Crippen molar-refractivity contribution in [1.82, 2.24) is 4.90 Å². The zero-order valence-electron chi connectivity index (χ0n) is 12.9. The van der Waals surface area contributed by atoms with Crippen LogP contribution in [0, 0.1) is 5.92 Å². The van der Waals surface area contributed by atoms with Crippen LogP contribution >= 0.6 is 11.8 Å². The van der Waals surface area contributed by atoms with Gasteiger partial charge >= 0.3 is 0 Å². The van der Waals surface area contributed by atoms with Crippen molar-refractivity contribution in [3.05, 3.63) is 24.3 Å². The van der Waals surface area contributed by atoms with E-state index in [-0.39, 0.29) is 17.7 Å². The van der Waals surface area contributed by atoms with Gasteiger partial charge in [-0.25, -0.2) is 0 Å². The Morgan fingerprint density at radius 1 is 1.41 bits per heavy atom. The maximum atomic E-state index is 12.1. The summed E-state index contributed by atoms with van der Waals surface area (Å²) in [5.41, 5.74) is 6.23. The summed E-state index contributed by atoms with van der Waals surface area (Å²) in [5, 5.41) is 2.96. The Balaban J connectivity index is 1.81. The van der Waals surface area contributed by atoms with Crippen molar-refractivity contribution in [2.45, 2.75) is 24.2 Å². The number of likely N-dealkylation sites (tertiary alicyclic amines) is 1. The molecule has 1 aliphatic heterocycles. The number of amides is 2. The predicted octanol–water partition coefficient (Wildman–Crippen LogP) is 1.93. The molecule has 22 heavy (non-hydrogen) atoms. The fraction of sp³-hybridized carbons (Fsp3) is 0.500. The third-order valence-corrected chi connectivity index (χ3v) is 4.74. The van der Waals surface area contributed by atoms with E-state index in [1.807, 2.05) is 30.5 Å². The summed E-state index contributed by atoms with van der Waals surface area (Å²) < 4.78 is 0. The van der Waals surface area contributed by atoms with Crippen LogP contribution < -0.4 is 11.1 Å². The molecule has 0 spiro atoms. The quantitative estimate of drug-likeness (QED) is 0.785. The van der Waals surface area contributed by atoms with Crippen LogP contribution in [0.2, 0.25) is 0 Å². The van der Waals surface area contributed by atoms with E-state index < -0.39 is 0 Å².